The van der Waals surface area contributed by atoms with E-state index in [-0.39, 0.29) is 0 Å². The molecule has 0 aliphatic heterocycles. The number of aromatic nitrogens is 1. The number of nitrogens with zero attached hydrogens (tertiary/aromatic N) is 2. The van der Waals surface area contributed by atoms with Gasteiger partial charge in [0.1, 0.15) is 5.69 Å². The second-order valence-electron chi connectivity index (χ2n) is 2.57. The van der Waals surface area contributed by atoms with Crippen LogP contribution in [-0.4, -0.2) is 18.3 Å². The quantitative estimate of drug-likeness (QED) is 0.476. The number of nitro groups is 1. The molecule has 0 aromatic carbocycles. The molecule has 10 heteroatoms. The SMILES string of the molecule is O=[N+]([O-])c1cc(C(F)F)ncc1S(=O)(=O)Cl. The van der Waals surface area contributed by atoms with Crippen LogP contribution in [0.1, 0.15) is 12.1 Å². The van der Waals surface area contributed by atoms with Crippen LogP contribution in [0.2, 0.25) is 0 Å². The lowest BCUT2D eigenvalue weighted by Crippen LogP contribution is -2.02. The standard InChI is InChI=1S/C6H3ClF2N2O4S/c7-16(14,15)5-2-10-3(6(8)9)1-4(5)11(12)13/h1-2,6H. The van der Waals surface area contributed by atoms with Crippen molar-refractivity contribution in [2.75, 3.05) is 0 Å². The minimum absolute atomic E-state index is 0.375. The van der Waals surface area contributed by atoms with E-state index in [0.29, 0.717) is 12.3 Å². The van der Waals surface area contributed by atoms with Crippen molar-refractivity contribution in [3.05, 3.63) is 28.1 Å². The fourth-order valence-corrected chi connectivity index (χ4v) is 1.82. The fourth-order valence-electron chi connectivity index (χ4n) is 0.898. The van der Waals surface area contributed by atoms with Gasteiger partial charge in [0.2, 0.25) is 0 Å². The zero-order valence-corrected chi connectivity index (χ0v) is 8.87. The van der Waals surface area contributed by atoms with Crippen LogP contribution in [-0.2, 0) is 9.05 Å². The minimum Gasteiger partial charge on any atom is -0.258 e. The Morgan fingerprint density at radius 2 is 2.06 bits per heavy atom. The van der Waals surface area contributed by atoms with Gasteiger partial charge in [-0.2, -0.15) is 0 Å². The number of alkyl halides is 2. The van der Waals surface area contributed by atoms with E-state index < -0.39 is 36.7 Å². The van der Waals surface area contributed by atoms with Crippen LogP contribution in [0.3, 0.4) is 0 Å². The Morgan fingerprint density at radius 1 is 1.50 bits per heavy atom. The molecule has 1 rings (SSSR count). The molecule has 0 aliphatic carbocycles. The smallest absolute Gasteiger partial charge is 0.258 e. The molecule has 0 atom stereocenters. The van der Waals surface area contributed by atoms with E-state index in [1.807, 2.05) is 0 Å². The first-order valence-electron chi connectivity index (χ1n) is 3.60. The maximum atomic E-state index is 12.2. The Kier molecular flexibility index (Phi) is 3.38. The Balaban J connectivity index is 3.49. The first-order valence-corrected chi connectivity index (χ1v) is 5.91. The molecule has 1 aromatic rings. The van der Waals surface area contributed by atoms with Gasteiger partial charge in [-0.15, -0.1) is 0 Å². The molecule has 0 radical (unpaired) electrons. The van der Waals surface area contributed by atoms with Gasteiger partial charge in [0, 0.05) is 16.7 Å². The van der Waals surface area contributed by atoms with E-state index in [0.717, 1.165) is 0 Å². The van der Waals surface area contributed by atoms with Crippen molar-refractivity contribution in [3.63, 3.8) is 0 Å². The molecular weight excluding hydrogens is 270 g/mol. The molecule has 0 spiro atoms. The van der Waals surface area contributed by atoms with E-state index in [9.17, 15) is 27.3 Å². The largest absolute Gasteiger partial charge is 0.292 e. The molecule has 6 nitrogen and oxygen atoms in total. The molecule has 0 N–H and O–H groups in total. The first kappa shape index (κ1) is 12.7. The molecule has 0 saturated heterocycles. The Labute approximate surface area is 92.4 Å². The summed E-state index contributed by atoms with van der Waals surface area (Å²) in [5.74, 6) is 0. The highest BCUT2D eigenvalue weighted by molar-refractivity contribution is 8.13. The summed E-state index contributed by atoms with van der Waals surface area (Å²) in [6.07, 6.45) is -2.60. The molecule has 0 amide bonds. The lowest BCUT2D eigenvalue weighted by Gasteiger charge is -2.01. The molecule has 88 valence electrons. The fraction of sp³-hybridized carbons (Fsp3) is 0.167. The molecule has 0 unspecified atom stereocenters. The maximum Gasteiger partial charge on any atom is 0.292 e. The van der Waals surface area contributed by atoms with Crippen LogP contribution >= 0.6 is 10.7 Å². The van der Waals surface area contributed by atoms with Crippen molar-refractivity contribution in [3.8, 4) is 0 Å². The maximum absolute atomic E-state index is 12.2. The van der Waals surface area contributed by atoms with Gasteiger partial charge in [0.25, 0.3) is 21.2 Å². The van der Waals surface area contributed by atoms with Crippen LogP contribution in [0.25, 0.3) is 0 Å². The zero-order chi connectivity index (χ0) is 12.5. The summed E-state index contributed by atoms with van der Waals surface area (Å²) in [7, 11) is 0.482. The van der Waals surface area contributed by atoms with Gasteiger partial charge in [-0.05, 0) is 0 Å². The lowest BCUT2D eigenvalue weighted by atomic mass is 10.3. The summed E-state index contributed by atoms with van der Waals surface area (Å²) in [6, 6.07) is 0.375. The monoisotopic (exact) mass is 272 g/mol. The van der Waals surface area contributed by atoms with Gasteiger partial charge in [-0.1, -0.05) is 0 Å². The van der Waals surface area contributed by atoms with Gasteiger partial charge in [0.15, 0.2) is 4.90 Å². The predicted octanol–water partition coefficient (Wildman–Crippen LogP) is 1.85. The normalized spacial score (nSPS) is 11.8. The van der Waals surface area contributed by atoms with Gasteiger partial charge in [-0.25, -0.2) is 17.2 Å². The molecule has 0 bridgehead atoms. The Morgan fingerprint density at radius 3 is 2.44 bits per heavy atom. The topological polar surface area (TPSA) is 90.2 Å². The van der Waals surface area contributed by atoms with Crippen molar-refractivity contribution in [1.82, 2.24) is 4.98 Å². The van der Waals surface area contributed by atoms with Gasteiger partial charge in [-0.3, -0.25) is 15.1 Å². The lowest BCUT2D eigenvalue weighted by molar-refractivity contribution is -0.388. The Bertz CT molecular complexity index is 533. The third-order valence-electron chi connectivity index (χ3n) is 1.55. The second kappa shape index (κ2) is 4.26. The van der Waals surface area contributed by atoms with Crippen molar-refractivity contribution in [2.45, 2.75) is 11.3 Å². The number of hydrogen-bond acceptors (Lipinski definition) is 5. The van der Waals surface area contributed by atoms with E-state index in [1.54, 1.807) is 0 Å². The van der Waals surface area contributed by atoms with E-state index in [2.05, 4.69) is 4.98 Å². The van der Waals surface area contributed by atoms with Crippen molar-refractivity contribution in [2.24, 2.45) is 0 Å². The Hall–Kier alpha value is -1.35. The number of pyridine rings is 1. The molecule has 1 heterocycles. The van der Waals surface area contributed by atoms with Crippen molar-refractivity contribution >= 4 is 25.4 Å². The molecule has 0 fully saturated rings. The predicted molar refractivity (Wildman–Crippen MR) is 48.9 cm³/mol. The summed E-state index contributed by atoms with van der Waals surface area (Å²) in [4.78, 5) is 11.5. The molecule has 0 aliphatic rings. The third kappa shape index (κ3) is 2.61. The van der Waals surface area contributed by atoms with Crippen LogP contribution in [0, 0.1) is 10.1 Å². The number of rotatable bonds is 3. The summed E-state index contributed by atoms with van der Waals surface area (Å²) < 4.78 is 46.1. The molecular formula is C6H3ClF2N2O4S. The van der Waals surface area contributed by atoms with E-state index >= 15 is 0 Å². The zero-order valence-electron chi connectivity index (χ0n) is 7.30. The number of halogens is 3. The van der Waals surface area contributed by atoms with Gasteiger partial charge in [0.05, 0.1) is 11.1 Å². The second-order valence-corrected chi connectivity index (χ2v) is 5.11. The van der Waals surface area contributed by atoms with Crippen molar-refractivity contribution in [1.29, 1.82) is 0 Å². The van der Waals surface area contributed by atoms with Gasteiger partial charge < -0.3 is 0 Å². The minimum atomic E-state index is -4.40. The average Bonchev–Trinajstić information content (AvgIpc) is 2.15. The highest BCUT2D eigenvalue weighted by Gasteiger charge is 2.26. The number of hydrogen-bond donors (Lipinski definition) is 0. The summed E-state index contributed by atoms with van der Waals surface area (Å²) in [6.45, 7) is 0. The van der Waals surface area contributed by atoms with Crippen molar-refractivity contribution < 1.29 is 22.1 Å². The summed E-state index contributed by atoms with van der Waals surface area (Å²) in [5, 5.41) is 10.5. The van der Waals surface area contributed by atoms with Crippen LogP contribution in [0.4, 0.5) is 14.5 Å². The molecule has 0 saturated carbocycles. The van der Waals surface area contributed by atoms with Gasteiger partial charge >= 0.3 is 0 Å². The third-order valence-corrected chi connectivity index (χ3v) is 2.89. The van der Waals surface area contributed by atoms with E-state index in [1.165, 1.54) is 0 Å². The highest BCUT2D eigenvalue weighted by Crippen LogP contribution is 2.29. The molecule has 1 aromatic heterocycles. The van der Waals surface area contributed by atoms with Crippen LogP contribution < -0.4 is 0 Å². The van der Waals surface area contributed by atoms with Crippen LogP contribution in [0.5, 0.6) is 0 Å². The molecule has 16 heavy (non-hydrogen) atoms. The highest BCUT2D eigenvalue weighted by atomic mass is 35.7. The first-order chi connectivity index (χ1) is 7.23. The van der Waals surface area contributed by atoms with Crippen LogP contribution in [0.15, 0.2) is 17.2 Å². The van der Waals surface area contributed by atoms with E-state index in [4.69, 9.17) is 10.7 Å². The summed E-state index contributed by atoms with van der Waals surface area (Å²) >= 11 is 0. The summed E-state index contributed by atoms with van der Waals surface area (Å²) in [5.41, 5.74) is -1.92. The average molecular weight is 273 g/mol.